The average Bonchev–Trinajstić information content (AvgIpc) is 3.06. The number of hydrogen-bond donors (Lipinski definition) is 1. The monoisotopic (exact) mass is 378 g/mol. The third kappa shape index (κ3) is 3.05. The van der Waals surface area contributed by atoms with E-state index in [1.807, 2.05) is 48.1 Å². The fourth-order valence-corrected chi connectivity index (χ4v) is 3.16. The SMILES string of the molecule is COc1cc(F)c(N=O)cc1Nc1nc(-c2cn(C)c3ccccc23)cc[nH+]1. The number of halogens is 1. The zero-order valence-electron chi connectivity index (χ0n) is 15.2. The third-order valence-electron chi connectivity index (χ3n) is 4.49. The molecule has 2 aromatic heterocycles. The van der Waals surface area contributed by atoms with E-state index in [9.17, 15) is 9.30 Å². The Morgan fingerprint density at radius 1 is 1.25 bits per heavy atom. The first-order chi connectivity index (χ1) is 13.6. The van der Waals surface area contributed by atoms with Crippen molar-refractivity contribution in [1.29, 1.82) is 0 Å². The first-order valence-electron chi connectivity index (χ1n) is 8.52. The molecule has 2 heterocycles. The number of fused-ring (bicyclic) bond motifs is 1. The van der Waals surface area contributed by atoms with Crippen molar-refractivity contribution in [2.24, 2.45) is 12.2 Å². The lowest BCUT2D eigenvalue weighted by Gasteiger charge is -2.07. The van der Waals surface area contributed by atoms with Gasteiger partial charge in [-0.25, -0.2) is 14.7 Å². The van der Waals surface area contributed by atoms with Gasteiger partial charge in [0.05, 0.1) is 13.3 Å². The lowest BCUT2D eigenvalue weighted by molar-refractivity contribution is -0.364. The normalized spacial score (nSPS) is 10.8. The van der Waals surface area contributed by atoms with Crippen LogP contribution in [0.25, 0.3) is 22.2 Å². The summed E-state index contributed by atoms with van der Waals surface area (Å²) < 4.78 is 21.0. The molecule has 0 unspecified atom stereocenters. The van der Waals surface area contributed by atoms with Gasteiger partial charge in [-0.3, -0.25) is 0 Å². The minimum atomic E-state index is -0.751. The van der Waals surface area contributed by atoms with Gasteiger partial charge in [0.2, 0.25) is 0 Å². The van der Waals surface area contributed by atoms with Gasteiger partial charge in [-0.15, -0.1) is 4.91 Å². The Morgan fingerprint density at radius 3 is 2.86 bits per heavy atom. The zero-order chi connectivity index (χ0) is 19.7. The Hall–Kier alpha value is -3.81. The van der Waals surface area contributed by atoms with E-state index >= 15 is 0 Å². The predicted octanol–water partition coefficient (Wildman–Crippen LogP) is 4.34. The molecule has 0 atom stereocenters. The molecule has 0 saturated carbocycles. The summed E-state index contributed by atoms with van der Waals surface area (Å²) in [6.07, 6.45) is 3.77. The van der Waals surface area contributed by atoms with Crippen molar-refractivity contribution >= 4 is 28.2 Å². The van der Waals surface area contributed by atoms with Crippen LogP contribution >= 0.6 is 0 Å². The number of benzene rings is 2. The molecule has 0 aliphatic carbocycles. The summed E-state index contributed by atoms with van der Waals surface area (Å²) in [6.45, 7) is 0. The van der Waals surface area contributed by atoms with E-state index in [4.69, 9.17) is 4.74 Å². The van der Waals surface area contributed by atoms with Gasteiger partial charge in [-0.1, -0.05) is 23.2 Å². The Bertz CT molecular complexity index is 1190. The molecule has 4 rings (SSSR count). The van der Waals surface area contributed by atoms with Crippen LogP contribution in [-0.2, 0) is 7.05 Å². The van der Waals surface area contributed by atoms with Gasteiger partial charge in [0, 0.05) is 47.9 Å². The molecular weight excluding hydrogens is 361 g/mol. The number of nitroso groups, excluding NO2 is 1. The topological polar surface area (TPSA) is 82.6 Å². The molecule has 0 spiro atoms. The van der Waals surface area contributed by atoms with Gasteiger partial charge < -0.3 is 9.30 Å². The molecule has 2 aromatic carbocycles. The number of methoxy groups -OCH3 is 1. The maximum Gasteiger partial charge on any atom is 0.394 e. The van der Waals surface area contributed by atoms with E-state index in [1.54, 1.807) is 6.20 Å². The molecule has 7 nitrogen and oxygen atoms in total. The highest BCUT2D eigenvalue weighted by molar-refractivity contribution is 5.95. The van der Waals surface area contributed by atoms with Crippen LogP contribution < -0.4 is 15.0 Å². The number of nitrogens with one attached hydrogen (secondary N) is 2. The summed E-state index contributed by atoms with van der Waals surface area (Å²) >= 11 is 0. The average molecular weight is 378 g/mol. The van der Waals surface area contributed by atoms with Crippen LogP contribution in [0, 0.1) is 10.7 Å². The Labute approximate surface area is 159 Å². The van der Waals surface area contributed by atoms with Crippen molar-refractivity contribution in [3.05, 3.63) is 65.6 Å². The predicted molar refractivity (Wildman–Crippen MR) is 104 cm³/mol. The van der Waals surface area contributed by atoms with Crippen molar-refractivity contribution in [2.45, 2.75) is 0 Å². The zero-order valence-corrected chi connectivity index (χ0v) is 15.2. The number of hydrogen-bond acceptors (Lipinski definition) is 5. The second-order valence-corrected chi connectivity index (χ2v) is 6.21. The van der Waals surface area contributed by atoms with Crippen molar-refractivity contribution < 1.29 is 14.1 Å². The van der Waals surface area contributed by atoms with Crippen LogP contribution in [0.1, 0.15) is 0 Å². The minimum absolute atomic E-state index is 0.232. The largest absolute Gasteiger partial charge is 0.493 e. The molecule has 0 aliphatic heterocycles. The fraction of sp³-hybridized carbons (Fsp3) is 0.100. The molecule has 0 bridgehead atoms. The lowest BCUT2D eigenvalue weighted by atomic mass is 10.1. The summed E-state index contributed by atoms with van der Waals surface area (Å²) in [4.78, 5) is 18.4. The molecular formula is C20H17FN5O2+. The van der Waals surface area contributed by atoms with Crippen LogP contribution in [0.15, 0.2) is 60.0 Å². The number of ether oxygens (including phenoxy) is 1. The standard InChI is InChI=1S/C20H16FN5O2/c1-26-11-13(12-5-3-4-6-18(12)26)15-7-8-22-20(23-15)24-17-10-16(25-27)14(21)9-19(17)28-2/h3-11H,1-2H3,(H,22,23,24)/p+1. The Morgan fingerprint density at radius 2 is 2.07 bits per heavy atom. The first kappa shape index (κ1) is 17.6. The number of nitrogens with zero attached hydrogens (tertiary/aromatic N) is 3. The van der Waals surface area contributed by atoms with E-state index in [1.165, 1.54) is 13.2 Å². The summed E-state index contributed by atoms with van der Waals surface area (Å²) in [7, 11) is 3.40. The highest BCUT2D eigenvalue weighted by atomic mass is 19.1. The van der Waals surface area contributed by atoms with Gasteiger partial charge in [0.15, 0.2) is 17.3 Å². The minimum Gasteiger partial charge on any atom is -0.493 e. The Kier molecular flexibility index (Phi) is 4.44. The summed E-state index contributed by atoms with van der Waals surface area (Å²) in [6, 6.07) is 12.3. The van der Waals surface area contributed by atoms with E-state index in [0.29, 0.717) is 11.6 Å². The molecule has 0 amide bonds. The lowest BCUT2D eigenvalue weighted by Crippen LogP contribution is -2.12. The Balaban J connectivity index is 1.75. The molecule has 28 heavy (non-hydrogen) atoms. The third-order valence-corrected chi connectivity index (χ3v) is 4.49. The van der Waals surface area contributed by atoms with Gasteiger partial charge in [0.1, 0.15) is 11.4 Å². The maximum absolute atomic E-state index is 13.8. The quantitative estimate of drug-likeness (QED) is 0.524. The summed E-state index contributed by atoms with van der Waals surface area (Å²) in [5, 5.41) is 6.81. The second kappa shape index (κ2) is 7.07. The van der Waals surface area contributed by atoms with E-state index in [2.05, 4.69) is 20.5 Å². The molecule has 0 aliphatic rings. The number of H-pyrrole nitrogens is 1. The van der Waals surface area contributed by atoms with Crippen LogP contribution in [0.3, 0.4) is 0 Å². The van der Waals surface area contributed by atoms with Gasteiger partial charge in [-0.05, 0) is 11.2 Å². The molecule has 0 radical (unpaired) electrons. The summed E-state index contributed by atoms with van der Waals surface area (Å²) in [5.74, 6) is -0.110. The van der Waals surface area contributed by atoms with Crippen molar-refractivity contribution in [2.75, 3.05) is 12.4 Å². The maximum atomic E-state index is 13.8. The number of aromatic amines is 1. The highest BCUT2D eigenvalue weighted by Gasteiger charge is 2.18. The van der Waals surface area contributed by atoms with Crippen molar-refractivity contribution in [1.82, 2.24) is 9.55 Å². The van der Waals surface area contributed by atoms with Gasteiger partial charge >= 0.3 is 5.95 Å². The smallest absolute Gasteiger partial charge is 0.394 e. The van der Waals surface area contributed by atoms with Crippen molar-refractivity contribution in [3.63, 3.8) is 0 Å². The van der Waals surface area contributed by atoms with Crippen LogP contribution in [0.2, 0.25) is 0 Å². The molecule has 0 fully saturated rings. The number of rotatable bonds is 5. The molecule has 4 aromatic rings. The van der Waals surface area contributed by atoms with E-state index in [0.717, 1.165) is 28.2 Å². The van der Waals surface area contributed by atoms with Gasteiger partial charge in [-0.2, -0.15) is 0 Å². The molecule has 2 N–H and O–H groups in total. The molecule has 8 heteroatoms. The number of aryl methyl sites for hydroxylation is 1. The first-order valence-corrected chi connectivity index (χ1v) is 8.52. The molecule has 140 valence electrons. The van der Waals surface area contributed by atoms with Gasteiger partial charge in [0.25, 0.3) is 0 Å². The fourth-order valence-electron chi connectivity index (χ4n) is 3.16. The number of aromatic nitrogens is 3. The number of anilines is 2. The van der Waals surface area contributed by atoms with Crippen molar-refractivity contribution in [3.8, 4) is 17.0 Å². The van der Waals surface area contributed by atoms with E-state index in [-0.39, 0.29) is 11.4 Å². The number of para-hydroxylation sites is 1. The highest BCUT2D eigenvalue weighted by Crippen LogP contribution is 2.34. The van der Waals surface area contributed by atoms with E-state index < -0.39 is 5.82 Å². The van der Waals surface area contributed by atoms with Crippen LogP contribution in [-0.4, -0.2) is 16.7 Å². The molecule has 0 saturated heterocycles. The second-order valence-electron chi connectivity index (χ2n) is 6.21. The van der Waals surface area contributed by atoms with Crippen LogP contribution in [0.5, 0.6) is 5.75 Å². The summed E-state index contributed by atoms with van der Waals surface area (Å²) in [5.41, 5.74) is 2.90. The van der Waals surface area contributed by atoms with Crippen LogP contribution in [0.4, 0.5) is 21.7 Å².